The maximum Gasteiger partial charge on any atom is 0.0471 e. The van der Waals surface area contributed by atoms with Gasteiger partial charge in [0, 0.05) is 6.61 Å². The first-order chi connectivity index (χ1) is 11.7. The highest BCUT2D eigenvalue weighted by Gasteiger charge is 2.18. The van der Waals surface area contributed by atoms with Crippen molar-refractivity contribution >= 4 is 17.2 Å². The number of benzene rings is 2. The number of fused-ring (bicyclic) bond motifs is 2. The van der Waals surface area contributed by atoms with E-state index >= 15 is 0 Å². The summed E-state index contributed by atoms with van der Waals surface area (Å²) in [7, 11) is 0. The molecule has 1 nitrogen and oxygen atoms in total. The normalized spacial score (nSPS) is 14.6. The average molecular weight is 314 g/mol. The van der Waals surface area contributed by atoms with Crippen molar-refractivity contribution < 1.29 is 5.11 Å². The Morgan fingerprint density at radius 3 is 2.67 bits per heavy atom. The summed E-state index contributed by atoms with van der Waals surface area (Å²) < 4.78 is 0. The first-order valence-corrected chi connectivity index (χ1v) is 8.62. The second-order valence-electron chi connectivity index (χ2n) is 6.76. The highest BCUT2D eigenvalue weighted by atomic mass is 16.2. The quantitative estimate of drug-likeness (QED) is 0.785. The van der Waals surface area contributed by atoms with Crippen LogP contribution in [0.4, 0.5) is 0 Å². The molecule has 0 fully saturated rings. The molecule has 2 aliphatic carbocycles. The molecule has 2 aromatic carbocycles. The minimum Gasteiger partial charge on any atom is -0.396 e. The molecule has 1 N–H and O–H groups in total. The van der Waals surface area contributed by atoms with Crippen LogP contribution in [0.25, 0.3) is 17.2 Å². The molecule has 0 amide bonds. The van der Waals surface area contributed by atoms with Gasteiger partial charge in [-0.1, -0.05) is 54.1 Å². The lowest BCUT2D eigenvalue weighted by molar-refractivity contribution is 0.300. The van der Waals surface area contributed by atoms with Gasteiger partial charge < -0.3 is 5.11 Å². The van der Waals surface area contributed by atoms with Crippen LogP contribution < -0.4 is 10.4 Å². The fourth-order valence-electron chi connectivity index (χ4n) is 3.94. The molecule has 0 atom stereocenters. The highest BCUT2D eigenvalue weighted by molar-refractivity contribution is 5.82. The van der Waals surface area contributed by atoms with Crippen molar-refractivity contribution in [3.63, 3.8) is 0 Å². The van der Waals surface area contributed by atoms with E-state index < -0.39 is 0 Å². The van der Waals surface area contributed by atoms with Crippen LogP contribution in [0.3, 0.4) is 0 Å². The SMILES string of the molecule is CC(C)=c1ccc2c(c1C1=C(CCO)C=CC1)C=c1ccccc1=2. The summed E-state index contributed by atoms with van der Waals surface area (Å²) in [5.74, 6) is 0. The van der Waals surface area contributed by atoms with Crippen molar-refractivity contribution in [2.24, 2.45) is 0 Å². The lowest BCUT2D eigenvalue weighted by Gasteiger charge is -2.13. The molecule has 24 heavy (non-hydrogen) atoms. The molecule has 0 saturated carbocycles. The molecule has 0 bridgehead atoms. The van der Waals surface area contributed by atoms with Crippen molar-refractivity contribution in [1.29, 1.82) is 0 Å². The maximum atomic E-state index is 9.42. The van der Waals surface area contributed by atoms with E-state index in [1.54, 1.807) is 0 Å². The first kappa shape index (κ1) is 15.2. The molecule has 0 radical (unpaired) electrons. The van der Waals surface area contributed by atoms with Crippen molar-refractivity contribution in [3.8, 4) is 0 Å². The average Bonchev–Trinajstić information content (AvgIpc) is 3.18. The zero-order chi connectivity index (χ0) is 16.7. The number of hydrogen-bond acceptors (Lipinski definition) is 1. The Morgan fingerprint density at radius 1 is 1.04 bits per heavy atom. The second kappa shape index (κ2) is 5.92. The van der Waals surface area contributed by atoms with Gasteiger partial charge in [-0.25, -0.2) is 0 Å². The van der Waals surface area contributed by atoms with Gasteiger partial charge >= 0.3 is 0 Å². The van der Waals surface area contributed by atoms with Gasteiger partial charge in [-0.15, -0.1) is 0 Å². The molecule has 0 saturated heterocycles. The molecule has 0 unspecified atom stereocenters. The lowest BCUT2D eigenvalue weighted by atomic mass is 9.91. The summed E-state index contributed by atoms with van der Waals surface area (Å²) in [5.41, 5.74) is 6.68. The third kappa shape index (κ3) is 2.28. The number of rotatable bonds is 3. The summed E-state index contributed by atoms with van der Waals surface area (Å²) >= 11 is 0. The monoisotopic (exact) mass is 314 g/mol. The predicted molar refractivity (Wildman–Crippen MR) is 101 cm³/mol. The summed E-state index contributed by atoms with van der Waals surface area (Å²) in [6.07, 6.45) is 8.41. The Bertz CT molecular complexity index is 1090. The standard InChI is InChI=1S/C23H22O/c1-15(2)18-10-11-21-19-8-4-3-6-17(19)14-22(21)23(18)20-9-5-7-16(20)12-13-24/h3-8,10-11,14,24H,9,12-13H2,1-2H3. The van der Waals surface area contributed by atoms with Gasteiger partial charge in [-0.05, 0) is 75.9 Å². The van der Waals surface area contributed by atoms with E-state index in [0.29, 0.717) is 0 Å². The molecule has 1 heteroatoms. The van der Waals surface area contributed by atoms with Crippen LogP contribution in [-0.2, 0) is 0 Å². The third-order valence-corrected chi connectivity index (χ3v) is 5.05. The lowest BCUT2D eigenvalue weighted by Crippen LogP contribution is -2.13. The molecule has 120 valence electrons. The Kier molecular flexibility index (Phi) is 3.74. The zero-order valence-corrected chi connectivity index (χ0v) is 14.3. The van der Waals surface area contributed by atoms with Crippen LogP contribution in [0.1, 0.15) is 37.8 Å². The smallest absolute Gasteiger partial charge is 0.0471 e. The van der Waals surface area contributed by atoms with Crippen molar-refractivity contribution in [3.05, 3.63) is 86.1 Å². The van der Waals surface area contributed by atoms with E-state index in [-0.39, 0.29) is 6.61 Å². The largest absolute Gasteiger partial charge is 0.396 e. The van der Waals surface area contributed by atoms with E-state index in [2.05, 4.69) is 68.5 Å². The fraction of sp³-hybridized carbons (Fsp3) is 0.217. The van der Waals surface area contributed by atoms with Crippen LogP contribution in [0.15, 0.2) is 54.1 Å². The van der Waals surface area contributed by atoms with Gasteiger partial charge in [0.15, 0.2) is 0 Å². The van der Waals surface area contributed by atoms with Gasteiger partial charge in [0.25, 0.3) is 0 Å². The van der Waals surface area contributed by atoms with Crippen molar-refractivity contribution in [2.75, 3.05) is 6.61 Å². The first-order valence-electron chi connectivity index (χ1n) is 8.62. The molecule has 2 aliphatic rings. The van der Waals surface area contributed by atoms with Gasteiger partial charge in [0.1, 0.15) is 0 Å². The highest BCUT2D eigenvalue weighted by Crippen LogP contribution is 2.32. The molecule has 0 heterocycles. The van der Waals surface area contributed by atoms with Crippen LogP contribution in [-0.4, -0.2) is 11.7 Å². The van der Waals surface area contributed by atoms with E-state index in [9.17, 15) is 5.11 Å². The van der Waals surface area contributed by atoms with Gasteiger partial charge in [-0.3, -0.25) is 0 Å². The fourth-order valence-corrected chi connectivity index (χ4v) is 3.94. The third-order valence-electron chi connectivity index (χ3n) is 5.05. The topological polar surface area (TPSA) is 20.2 Å². The predicted octanol–water partition coefficient (Wildman–Crippen LogP) is 3.40. The van der Waals surface area contributed by atoms with E-state index in [0.717, 1.165) is 12.8 Å². The molecular formula is C23H22O. The zero-order valence-electron chi connectivity index (χ0n) is 14.3. The number of aliphatic hydroxyl groups excluding tert-OH is 1. The van der Waals surface area contributed by atoms with Crippen molar-refractivity contribution in [1.82, 2.24) is 0 Å². The van der Waals surface area contributed by atoms with Crippen LogP contribution in [0.2, 0.25) is 0 Å². The number of hydrogen-bond donors (Lipinski definition) is 1. The van der Waals surface area contributed by atoms with Crippen LogP contribution in [0.5, 0.6) is 0 Å². The second-order valence-corrected chi connectivity index (χ2v) is 6.76. The van der Waals surface area contributed by atoms with E-state index in [1.165, 1.54) is 48.7 Å². The van der Waals surface area contributed by atoms with Gasteiger partial charge in [-0.2, -0.15) is 0 Å². The van der Waals surface area contributed by atoms with Crippen LogP contribution >= 0.6 is 0 Å². The Morgan fingerprint density at radius 2 is 1.88 bits per heavy atom. The molecule has 2 aromatic rings. The molecule has 0 aromatic heterocycles. The van der Waals surface area contributed by atoms with Gasteiger partial charge in [0.05, 0.1) is 0 Å². The summed E-state index contributed by atoms with van der Waals surface area (Å²) in [5, 5.41) is 14.7. The molecule has 4 rings (SSSR count). The Balaban J connectivity index is 2.14. The Labute approximate surface area is 142 Å². The maximum absolute atomic E-state index is 9.42. The summed E-state index contributed by atoms with van der Waals surface area (Å²) in [6, 6.07) is 13.1. The number of allylic oxidation sites excluding steroid dienone is 3. The van der Waals surface area contributed by atoms with Crippen molar-refractivity contribution in [2.45, 2.75) is 26.7 Å². The minimum atomic E-state index is 0.201. The summed E-state index contributed by atoms with van der Waals surface area (Å²) in [6.45, 7) is 4.57. The van der Waals surface area contributed by atoms with Crippen LogP contribution in [0, 0.1) is 10.4 Å². The molecule has 0 spiro atoms. The molecular weight excluding hydrogens is 292 g/mol. The Hall–Kier alpha value is -2.38. The summed E-state index contributed by atoms with van der Waals surface area (Å²) in [4.78, 5) is 0. The molecule has 0 aliphatic heterocycles. The van der Waals surface area contributed by atoms with E-state index in [1.807, 2.05) is 0 Å². The number of aliphatic hydroxyl groups is 1. The van der Waals surface area contributed by atoms with E-state index in [4.69, 9.17) is 0 Å². The van der Waals surface area contributed by atoms with Gasteiger partial charge in [0.2, 0.25) is 0 Å². The minimum absolute atomic E-state index is 0.201.